The molecule has 0 aliphatic rings. The lowest BCUT2D eigenvalue weighted by Gasteiger charge is -2.18. The Morgan fingerprint density at radius 3 is 2.29 bits per heavy atom. The van der Waals surface area contributed by atoms with Gasteiger partial charge in [-0.05, 0) is 11.0 Å². The van der Waals surface area contributed by atoms with E-state index in [2.05, 4.69) is 50.0 Å². The molecule has 2 nitrogen and oxygen atoms in total. The van der Waals surface area contributed by atoms with Crippen LogP contribution in [-0.4, -0.2) is 10.1 Å². The zero-order chi connectivity index (χ0) is 12.5. The highest BCUT2D eigenvalue weighted by Crippen LogP contribution is 2.26. The highest BCUT2D eigenvalue weighted by atomic mass is 32.1. The van der Waals surface area contributed by atoms with E-state index in [1.165, 1.54) is 16.9 Å². The number of benzene rings is 1. The van der Waals surface area contributed by atoms with Crippen LogP contribution in [0.4, 0.5) is 0 Å². The van der Waals surface area contributed by atoms with E-state index >= 15 is 0 Å². The fraction of sp³-hybridized carbons (Fsp3) is 0.357. The summed E-state index contributed by atoms with van der Waals surface area (Å²) < 4.78 is 0. The highest BCUT2D eigenvalue weighted by Gasteiger charge is 2.13. The number of hydrogen-bond donors (Lipinski definition) is 1. The van der Waals surface area contributed by atoms with Gasteiger partial charge in [0.05, 0.1) is 12.3 Å². The molecule has 3 heteroatoms. The molecular formula is C14H17NOS. The molecule has 17 heavy (non-hydrogen) atoms. The molecule has 2 aromatic rings. The minimum absolute atomic E-state index is 0.0186. The van der Waals surface area contributed by atoms with Crippen LogP contribution in [0.25, 0.3) is 11.3 Å². The van der Waals surface area contributed by atoms with E-state index in [0.29, 0.717) is 0 Å². The van der Waals surface area contributed by atoms with Crippen LogP contribution in [-0.2, 0) is 12.0 Å². The Labute approximate surface area is 106 Å². The first-order chi connectivity index (χ1) is 8.00. The van der Waals surface area contributed by atoms with Crippen LogP contribution in [0, 0.1) is 0 Å². The van der Waals surface area contributed by atoms with Gasteiger partial charge in [0.25, 0.3) is 0 Å². The molecule has 0 aliphatic carbocycles. The lowest BCUT2D eigenvalue weighted by molar-refractivity contribution is 0.281. The molecule has 0 unspecified atom stereocenters. The minimum Gasteiger partial charge on any atom is -0.389 e. The van der Waals surface area contributed by atoms with E-state index in [9.17, 15) is 0 Å². The molecule has 0 radical (unpaired) electrons. The van der Waals surface area contributed by atoms with Gasteiger partial charge >= 0.3 is 0 Å². The summed E-state index contributed by atoms with van der Waals surface area (Å²) in [7, 11) is 0. The molecule has 0 atom stereocenters. The third kappa shape index (κ3) is 2.73. The summed E-state index contributed by atoms with van der Waals surface area (Å²) >= 11 is 1.49. The number of hydrogen-bond acceptors (Lipinski definition) is 3. The number of rotatable bonds is 2. The lowest BCUT2D eigenvalue weighted by Crippen LogP contribution is -2.10. The smallest absolute Gasteiger partial charge is 0.119 e. The van der Waals surface area contributed by atoms with Gasteiger partial charge in [-0.15, -0.1) is 11.3 Å². The van der Waals surface area contributed by atoms with E-state index in [0.717, 1.165) is 16.3 Å². The average molecular weight is 247 g/mol. The number of nitrogens with zero attached hydrogens (tertiary/aromatic N) is 1. The number of aromatic nitrogens is 1. The normalized spacial score (nSPS) is 11.8. The van der Waals surface area contributed by atoms with Gasteiger partial charge in [0.2, 0.25) is 0 Å². The molecule has 0 saturated heterocycles. The van der Waals surface area contributed by atoms with Gasteiger partial charge in [0.1, 0.15) is 5.01 Å². The second-order valence-corrected chi connectivity index (χ2v) is 6.05. The van der Waals surface area contributed by atoms with Crippen molar-refractivity contribution in [3.05, 3.63) is 40.2 Å². The van der Waals surface area contributed by atoms with Crippen LogP contribution in [0.1, 0.15) is 31.3 Å². The minimum atomic E-state index is 0.0186. The van der Waals surface area contributed by atoms with Crippen molar-refractivity contribution in [3.63, 3.8) is 0 Å². The molecular weight excluding hydrogens is 230 g/mol. The van der Waals surface area contributed by atoms with Crippen molar-refractivity contribution in [2.75, 3.05) is 0 Å². The fourth-order valence-corrected chi connectivity index (χ4v) is 2.32. The summed E-state index contributed by atoms with van der Waals surface area (Å²) in [5.41, 5.74) is 3.55. The zero-order valence-electron chi connectivity index (χ0n) is 10.4. The number of thiazole rings is 1. The average Bonchev–Trinajstić information content (AvgIpc) is 2.76. The van der Waals surface area contributed by atoms with Gasteiger partial charge in [0.15, 0.2) is 0 Å². The molecule has 1 N–H and O–H groups in total. The van der Waals surface area contributed by atoms with Gasteiger partial charge in [0, 0.05) is 10.9 Å². The standard InChI is InChI=1S/C14H17NOS/c1-14(2,3)11-6-4-10(5-7-11)12-9-17-13(8-16)15-12/h4-7,9,16H,8H2,1-3H3. The van der Waals surface area contributed by atoms with Crippen molar-refractivity contribution in [3.8, 4) is 11.3 Å². The Morgan fingerprint density at radius 1 is 1.18 bits per heavy atom. The van der Waals surface area contributed by atoms with Gasteiger partial charge in [-0.1, -0.05) is 45.0 Å². The summed E-state index contributed by atoms with van der Waals surface area (Å²) in [6, 6.07) is 8.48. The largest absolute Gasteiger partial charge is 0.389 e. The van der Waals surface area contributed by atoms with E-state index in [4.69, 9.17) is 5.11 Å². The van der Waals surface area contributed by atoms with Crippen molar-refractivity contribution in [2.24, 2.45) is 0 Å². The fourth-order valence-electron chi connectivity index (χ4n) is 1.66. The Balaban J connectivity index is 2.29. The summed E-state index contributed by atoms with van der Waals surface area (Å²) in [5, 5.41) is 11.7. The summed E-state index contributed by atoms with van der Waals surface area (Å²) in [6.07, 6.45) is 0. The predicted octanol–water partition coefficient (Wildman–Crippen LogP) is 3.60. The number of aliphatic hydroxyl groups excluding tert-OH is 1. The molecule has 0 fully saturated rings. The van der Waals surface area contributed by atoms with Crippen LogP contribution in [0.5, 0.6) is 0 Å². The van der Waals surface area contributed by atoms with Crippen LogP contribution >= 0.6 is 11.3 Å². The Kier molecular flexibility index (Phi) is 3.31. The zero-order valence-corrected chi connectivity index (χ0v) is 11.2. The first-order valence-electron chi connectivity index (χ1n) is 5.67. The van der Waals surface area contributed by atoms with Crippen molar-refractivity contribution in [1.82, 2.24) is 4.98 Å². The highest BCUT2D eigenvalue weighted by molar-refractivity contribution is 7.09. The molecule has 1 aromatic carbocycles. The maximum absolute atomic E-state index is 9.00. The van der Waals surface area contributed by atoms with Gasteiger partial charge in [-0.25, -0.2) is 4.98 Å². The molecule has 0 spiro atoms. The topological polar surface area (TPSA) is 33.1 Å². The molecule has 0 amide bonds. The second-order valence-electron chi connectivity index (χ2n) is 5.11. The Bertz CT molecular complexity index is 494. The SMILES string of the molecule is CC(C)(C)c1ccc(-c2csc(CO)n2)cc1. The molecule has 0 aliphatic heterocycles. The van der Waals surface area contributed by atoms with Crippen LogP contribution in [0.3, 0.4) is 0 Å². The van der Waals surface area contributed by atoms with E-state index in [-0.39, 0.29) is 12.0 Å². The maximum atomic E-state index is 9.00. The second kappa shape index (κ2) is 4.59. The van der Waals surface area contributed by atoms with Crippen molar-refractivity contribution in [2.45, 2.75) is 32.8 Å². The third-order valence-corrected chi connectivity index (χ3v) is 3.57. The van der Waals surface area contributed by atoms with Crippen LogP contribution in [0.15, 0.2) is 29.6 Å². The predicted molar refractivity (Wildman–Crippen MR) is 72.2 cm³/mol. The van der Waals surface area contributed by atoms with Gasteiger partial charge in [-0.2, -0.15) is 0 Å². The Hall–Kier alpha value is -1.19. The number of aliphatic hydroxyl groups is 1. The first kappa shape index (κ1) is 12.3. The maximum Gasteiger partial charge on any atom is 0.119 e. The summed E-state index contributed by atoms with van der Waals surface area (Å²) in [4.78, 5) is 4.36. The van der Waals surface area contributed by atoms with Crippen LogP contribution in [0.2, 0.25) is 0 Å². The van der Waals surface area contributed by atoms with Crippen molar-refractivity contribution in [1.29, 1.82) is 0 Å². The Morgan fingerprint density at radius 2 is 1.82 bits per heavy atom. The molecule has 0 saturated carbocycles. The molecule has 0 bridgehead atoms. The lowest BCUT2D eigenvalue weighted by atomic mass is 9.86. The molecule has 1 heterocycles. The van der Waals surface area contributed by atoms with Gasteiger partial charge in [-0.3, -0.25) is 0 Å². The van der Waals surface area contributed by atoms with E-state index in [1.54, 1.807) is 0 Å². The molecule has 90 valence electrons. The monoisotopic (exact) mass is 247 g/mol. The van der Waals surface area contributed by atoms with Crippen molar-refractivity contribution >= 4 is 11.3 Å². The van der Waals surface area contributed by atoms with Crippen LogP contribution < -0.4 is 0 Å². The first-order valence-corrected chi connectivity index (χ1v) is 6.55. The quantitative estimate of drug-likeness (QED) is 0.879. The molecule has 1 aromatic heterocycles. The van der Waals surface area contributed by atoms with Crippen molar-refractivity contribution < 1.29 is 5.11 Å². The van der Waals surface area contributed by atoms with E-state index in [1.807, 2.05) is 5.38 Å². The van der Waals surface area contributed by atoms with Gasteiger partial charge < -0.3 is 5.11 Å². The summed E-state index contributed by atoms with van der Waals surface area (Å²) in [6.45, 7) is 6.63. The van der Waals surface area contributed by atoms with E-state index < -0.39 is 0 Å². The third-order valence-electron chi connectivity index (χ3n) is 2.73. The summed E-state index contributed by atoms with van der Waals surface area (Å²) in [5.74, 6) is 0. The molecule has 2 rings (SSSR count).